The summed E-state index contributed by atoms with van der Waals surface area (Å²) in [6.45, 7) is 3.81. The van der Waals surface area contributed by atoms with Gasteiger partial charge in [-0.25, -0.2) is 15.0 Å². The molecule has 0 spiro atoms. The second kappa shape index (κ2) is 8.31. The van der Waals surface area contributed by atoms with Gasteiger partial charge in [0.15, 0.2) is 0 Å². The lowest BCUT2D eigenvalue weighted by atomic mass is 9.78. The van der Waals surface area contributed by atoms with Crippen molar-refractivity contribution in [1.29, 1.82) is 0 Å². The lowest BCUT2D eigenvalue weighted by molar-refractivity contribution is 0.0489. The lowest BCUT2D eigenvalue weighted by Crippen LogP contribution is -2.52. The zero-order valence-corrected chi connectivity index (χ0v) is 19.8. The summed E-state index contributed by atoms with van der Waals surface area (Å²) in [4.78, 5) is 19.2. The monoisotopic (exact) mass is 462 g/mol. The van der Waals surface area contributed by atoms with E-state index in [4.69, 9.17) is 15.7 Å². The highest BCUT2D eigenvalue weighted by Crippen LogP contribution is 2.44. The number of pyridine rings is 1. The molecule has 3 aromatic rings. The van der Waals surface area contributed by atoms with Crippen molar-refractivity contribution in [3.05, 3.63) is 72.4 Å². The van der Waals surface area contributed by atoms with Crippen LogP contribution in [0.4, 0.5) is 0 Å². The largest absolute Gasteiger partial charge is 0.386 e. The number of aliphatic imine (C=N–C) groups is 2. The third-order valence-corrected chi connectivity index (χ3v) is 8.16. The molecule has 1 saturated heterocycles. The van der Waals surface area contributed by atoms with Gasteiger partial charge in [0.1, 0.15) is 18.3 Å². The second-order valence-corrected chi connectivity index (χ2v) is 10.4. The van der Waals surface area contributed by atoms with Crippen LogP contribution in [0.1, 0.15) is 24.8 Å². The van der Waals surface area contributed by atoms with Gasteiger partial charge in [-0.2, -0.15) is 0 Å². The Morgan fingerprint density at radius 3 is 2.57 bits per heavy atom. The van der Waals surface area contributed by atoms with Crippen molar-refractivity contribution in [2.45, 2.75) is 31.5 Å². The van der Waals surface area contributed by atoms with Gasteiger partial charge in [0.2, 0.25) is 0 Å². The van der Waals surface area contributed by atoms with Gasteiger partial charge in [-0.1, -0.05) is 48.5 Å². The summed E-state index contributed by atoms with van der Waals surface area (Å²) in [5.74, 6) is 1.45. The van der Waals surface area contributed by atoms with Crippen molar-refractivity contribution >= 4 is 28.7 Å². The molecule has 6 heteroatoms. The molecule has 4 heterocycles. The first-order chi connectivity index (χ1) is 17.2. The van der Waals surface area contributed by atoms with E-state index in [1.165, 1.54) is 44.5 Å². The predicted molar refractivity (Wildman–Crippen MR) is 142 cm³/mol. The molecule has 3 aliphatic heterocycles. The average molecular weight is 463 g/mol. The van der Waals surface area contributed by atoms with Crippen molar-refractivity contribution in [3.8, 4) is 11.3 Å². The van der Waals surface area contributed by atoms with Gasteiger partial charge in [0.05, 0.1) is 17.1 Å². The molecule has 7 rings (SSSR count). The van der Waals surface area contributed by atoms with E-state index >= 15 is 0 Å². The van der Waals surface area contributed by atoms with Gasteiger partial charge in [0, 0.05) is 29.7 Å². The summed E-state index contributed by atoms with van der Waals surface area (Å²) in [5.41, 5.74) is 11.9. The highest BCUT2D eigenvalue weighted by molar-refractivity contribution is 6.01. The van der Waals surface area contributed by atoms with E-state index in [0.717, 1.165) is 33.6 Å². The van der Waals surface area contributed by atoms with E-state index < -0.39 is 0 Å². The highest BCUT2D eigenvalue weighted by Gasteiger charge is 2.45. The zero-order chi connectivity index (χ0) is 23.4. The Bertz CT molecular complexity index is 1350. The molecule has 2 atom stereocenters. The first-order valence-corrected chi connectivity index (χ1v) is 12.8. The van der Waals surface area contributed by atoms with Gasteiger partial charge in [-0.15, -0.1) is 0 Å². The normalized spacial score (nSPS) is 27.7. The fourth-order valence-corrected chi connectivity index (χ4v) is 6.04. The molecule has 1 aromatic heterocycles. The topological polar surface area (TPSA) is 70.1 Å². The Morgan fingerprint density at radius 2 is 1.77 bits per heavy atom. The molecule has 1 saturated carbocycles. The molecule has 2 unspecified atom stereocenters. The summed E-state index contributed by atoms with van der Waals surface area (Å²) < 4.78 is 0. The maximum Gasteiger partial charge on any atom is 0.136 e. The molecule has 2 N–H and O–H groups in total. The smallest absolute Gasteiger partial charge is 0.136 e. The number of benzene rings is 2. The van der Waals surface area contributed by atoms with Gasteiger partial charge in [-0.05, 0) is 61.5 Å². The van der Waals surface area contributed by atoms with Crippen LogP contribution >= 0.6 is 0 Å². The fourth-order valence-electron chi connectivity index (χ4n) is 6.04. The Hall–Kier alpha value is -3.51. The van der Waals surface area contributed by atoms with Crippen LogP contribution in [0, 0.1) is 11.8 Å². The van der Waals surface area contributed by atoms with Crippen molar-refractivity contribution in [2.24, 2.45) is 27.6 Å². The summed E-state index contributed by atoms with van der Waals surface area (Å²) in [6.07, 6.45) is 7.79. The number of likely N-dealkylation sites (tertiary alicyclic amines) is 1. The minimum absolute atomic E-state index is 0.0100. The Labute approximate surface area is 205 Å². The summed E-state index contributed by atoms with van der Waals surface area (Å²) in [7, 11) is 0. The zero-order valence-electron chi connectivity index (χ0n) is 19.8. The van der Waals surface area contributed by atoms with Crippen LogP contribution in [-0.4, -0.2) is 58.8 Å². The minimum Gasteiger partial charge on any atom is -0.386 e. The predicted octanol–water partition coefficient (Wildman–Crippen LogP) is 4.38. The molecule has 0 bridgehead atoms. The fraction of sp³-hybridized carbons (Fsp3) is 0.345. The molecule has 35 heavy (non-hydrogen) atoms. The Balaban J connectivity index is 1.20. The molecule has 0 radical (unpaired) electrons. The minimum atomic E-state index is -0.0100. The van der Waals surface area contributed by atoms with Gasteiger partial charge >= 0.3 is 0 Å². The van der Waals surface area contributed by atoms with Gasteiger partial charge in [0.25, 0.3) is 0 Å². The molecular weight excluding hydrogens is 432 g/mol. The van der Waals surface area contributed by atoms with Crippen molar-refractivity contribution < 1.29 is 0 Å². The molecule has 4 aliphatic rings. The maximum atomic E-state index is 6.47. The van der Waals surface area contributed by atoms with E-state index in [1.807, 2.05) is 6.07 Å². The number of aromatic nitrogens is 1. The van der Waals surface area contributed by atoms with E-state index in [2.05, 4.69) is 75.6 Å². The number of amidine groups is 1. The first-order valence-electron chi connectivity index (χ1n) is 12.8. The molecule has 0 amide bonds. The molecule has 6 nitrogen and oxygen atoms in total. The maximum absolute atomic E-state index is 6.47. The van der Waals surface area contributed by atoms with Crippen LogP contribution < -0.4 is 5.73 Å². The molecule has 2 fully saturated rings. The number of rotatable bonds is 5. The third kappa shape index (κ3) is 3.64. The number of hydrogen-bond donors (Lipinski definition) is 1. The SMILES string of the molecule is NC1=NC=NC2C1C(c1ccc3ccc(-c4ccccc4)nc3c1)=CN2[C@H]1C[C@@H](CN2CCC2)C1. The van der Waals surface area contributed by atoms with Crippen LogP contribution in [0.25, 0.3) is 27.7 Å². The van der Waals surface area contributed by atoms with Crippen molar-refractivity contribution in [1.82, 2.24) is 14.8 Å². The van der Waals surface area contributed by atoms with E-state index in [0.29, 0.717) is 11.9 Å². The van der Waals surface area contributed by atoms with Crippen LogP contribution in [0.2, 0.25) is 0 Å². The number of nitrogens with zero attached hydrogens (tertiary/aromatic N) is 5. The van der Waals surface area contributed by atoms with E-state index in [-0.39, 0.29) is 12.1 Å². The lowest BCUT2D eigenvalue weighted by Gasteiger charge is -2.46. The van der Waals surface area contributed by atoms with Crippen LogP contribution in [-0.2, 0) is 0 Å². The van der Waals surface area contributed by atoms with E-state index in [9.17, 15) is 0 Å². The summed E-state index contributed by atoms with van der Waals surface area (Å²) >= 11 is 0. The first kappa shape index (κ1) is 20.8. The van der Waals surface area contributed by atoms with Crippen molar-refractivity contribution in [2.75, 3.05) is 19.6 Å². The average Bonchev–Trinajstić information content (AvgIpc) is 3.22. The standard InChI is InChI=1S/C29H30N6/c30-28-27-24(17-35(29(27)32-18-31-28)23-13-19(14-23)16-34-11-4-12-34)22-8-7-21-9-10-25(33-26(21)15-22)20-5-2-1-3-6-20/h1-3,5-10,15,17-19,23,27,29H,4,11-14,16H2,(H2,30,31,32)/t19-,23+,27?,29?. The summed E-state index contributed by atoms with van der Waals surface area (Å²) in [6, 6.07) is 21.7. The summed E-state index contributed by atoms with van der Waals surface area (Å²) in [5, 5.41) is 1.14. The van der Waals surface area contributed by atoms with E-state index in [1.54, 1.807) is 6.34 Å². The van der Waals surface area contributed by atoms with Gasteiger partial charge in [-0.3, -0.25) is 0 Å². The highest BCUT2D eigenvalue weighted by atomic mass is 15.3. The van der Waals surface area contributed by atoms with Gasteiger partial charge < -0.3 is 15.5 Å². The Kier molecular flexibility index (Phi) is 4.94. The Morgan fingerprint density at radius 1 is 0.943 bits per heavy atom. The van der Waals surface area contributed by atoms with Crippen LogP contribution in [0.3, 0.4) is 0 Å². The third-order valence-electron chi connectivity index (χ3n) is 8.16. The molecule has 2 aromatic carbocycles. The molecular formula is C29H30N6. The number of hydrogen-bond acceptors (Lipinski definition) is 6. The van der Waals surface area contributed by atoms with Crippen LogP contribution in [0.15, 0.2) is 76.8 Å². The number of fused-ring (bicyclic) bond motifs is 2. The molecule has 1 aliphatic carbocycles. The van der Waals surface area contributed by atoms with Crippen molar-refractivity contribution in [3.63, 3.8) is 0 Å². The van der Waals surface area contributed by atoms with Crippen LogP contribution in [0.5, 0.6) is 0 Å². The number of nitrogens with two attached hydrogens (primary N) is 1. The quantitative estimate of drug-likeness (QED) is 0.611. The molecule has 176 valence electrons. The second-order valence-electron chi connectivity index (χ2n) is 10.4.